The lowest BCUT2D eigenvalue weighted by Crippen LogP contribution is -2.55. The van der Waals surface area contributed by atoms with Crippen LogP contribution in [0, 0.1) is 0 Å². The van der Waals surface area contributed by atoms with E-state index in [2.05, 4.69) is 25.8 Å². The molecule has 4 heterocycles. The molecule has 3 N–H and O–H groups in total. The number of phenolic OH excluding ortho intramolecular Hbond substituents is 1. The van der Waals surface area contributed by atoms with Crippen LogP contribution >= 0.6 is 0 Å². The Kier molecular flexibility index (Phi) is 6.15. The number of carbonyl (C=O) groups is 1. The van der Waals surface area contributed by atoms with Gasteiger partial charge in [0.05, 0.1) is 17.4 Å². The largest absolute Gasteiger partial charge is 0.507 e. The monoisotopic (exact) mass is 493 g/mol. The van der Waals surface area contributed by atoms with Gasteiger partial charge in [-0.15, -0.1) is 10.2 Å². The number of amides is 1. The summed E-state index contributed by atoms with van der Waals surface area (Å²) in [6.07, 6.45) is 4.83. The topological polar surface area (TPSA) is 108 Å². The van der Waals surface area contributed by atoms with Gasteiger partial charge in [-0.1, -0.05) is 0 Å². The number of rotatable bonds is 5. The second-order valence-corrected chi connectivity index (χ2v) is 10.8. The molecule has 10 heteroatoms. The normalized spacial score (nSPS) is 23.5. The molecule has 2 unspecified atom stereocenters. The zero-order chi connectivity index (χ0) is 25.6. The molecule has 9 nitrogen and oxygen atoms in total. The predicted octanol–water partition coefficient (Wildman–Crippen LogP) is 3.23. The van der Waals surface area contributed by atoms with Crippen LogP contribution < -0.4 is 15.5 Å². The molecule has 190 valence electrons. The maximum atomic E-state index is 15.0. The van der Waals surface area contributed by atoms with Crippen LogP contribution in [0.1, 0.15) is 50.5 Å². The number of hydrogen-bond acceptors (Lipinski definition) is 7. The highest BCUT2D eigenvalue weighted by Crippen LogP contribution is 2.34. The van der Waals surface area contributed by atoms with Crippen molar-refractivity contribution in [1.82, 2.24) is 30.4 Å². The fourth-order valence-electron chi connectivity index (χ4n) is 5.06. The molecule has 2 aliphatic rings. The third-order valence-corrected chi connectivity index (χ3v) is 6.92. The number of aromatic nitrogens is 4. The van der Waals surface area contributed by atoms with E-state index >= 15 is 0 Å². The van der Waals surface area contributed by atoms with Crippen LogP contribution in [0.4, 0.5) is 10.2 Å². The van der Waals surface area contributed by atoms with Crippen LogP contribution in [0.2, 0.25) is 0 Å². The zero-order valence-electron chi connectivity index (χ0n) is 20.9. The summed E-state index contributed by atoms with van der Waals surface area (Å²) >= 11 is 0. The van der Waals surface area contributed by atoms with E-state index in [0.29, 0.717) is 28.8 Å². The Morgan fingerprint density at radius 1 is 1.22 bits per heavy atom. The van der Waals surface area contributed by atoms with Crippen LogP contribution in [-0.2, 0) is 0 Å². The smallest absolute Gasteiger partial charge is 0.271 e. The molecule has 0 saturated carbocycles. The third kappa shape index (κ3) is 4.77. The maximum absolute atomic E-state index is 15.0. The lowest BCUT2D eigenvalue weighted by Gasteiger charge is -2.38. The Balaban J connectivity index is 1.31. The number of anilines is 1. The Labute approximate surface area is 209 Å². The molecular weight excluding hydrogens is 461 g/mol. The molecule has 2 aliphatic heterocycles. The summed E-state index contributed by atoms with van der Waals surface area (Å²) in [5.74, 6) is 0.359. The van der Waals surface area contributed by atoms with Crippen molar-refractivity contribution in [1.29, 1.82) is 0 Å². The average molecular weight is 494 g/mol. The molecule has 36 heavy (non-hydrogen) atoms. The quantitative estimate of drug-likeness (QED) is 0.501. The number of carbonyl (C=O) groups excluding carboxylic acids is 1. The van der Waals surface area contributed by atoms with Crippen molar-refractivity contribution in [3.8, 4) is 22.7 Å². The molecular formula is C26H32FN7O2. The minimum atomic E-state index is -0.949. The van der Waals surface area contributed by atoms with Gasteiger partial charge in [0.2, 0.25) is 0 Å². The highest BCUT2D eigenvalue weighted by atomic mass is 19.1. The van der Waals surface area contributed by atoms with Crippen LogP contribution in [-0.4, -0.2) is 67.6 Å². The van der Waals surface area contributed by atoms with Gasteiger partial charge in [0.1, 0.15) is 23.9 Å². The summed E-state index contributed by atoms with van der Waals surface area (Å²) in [4.78, 5) is 18.4. The SMILES string of the molecule is CN(c1ccc(-c2ccc(-n3cnc(C(=O)NC(C)(C)C)c3)cc2O)nn1)[C@@H]1CC2CCC(N2)[C@@H]1F. The summed E-state index contributed by atoms with van der Waals surface area (Å²) in [7, 11) is 1.86. The van der Waals surface area contributed by atoms with E-state index < -0.39 is 6.17 Å². The van der Waals surface area contributed by atoms with Crippen LogP contribution in [0.5, 0.6) is 5.75 Å². The van der Waals surface area contributed by atoms with Crippen LogP contribution in [0.25, 0.3) is 16.9 Å². The van der Waals surface area contributed by atoms with E-state index in [1.54, 1.807) is 29.0 Å². The first kappa shape index (κ1) is 24.2. The molecule has 0 spiro atoms. The number of fused-ring (bicyclic) bond motifs is 2. The maximum Gasteiger partial charge on any atom is 0.271 e. The lowest BCUT2D eigenvalue weighted by molar-refractivity contribution is 0.0915. The second-order valence-electron chi connectivity index (χ2n) is 10.8. The van der Waals surface area contributed by atoms with Crippen molar-refractivity contribution in [3.05, 3.63) is 48.5 Å². The Morgan fingerprint density at radius 3 is 2.72 bits per heavy atom. The molecule has 1 aromatic carbocycles. The summed E-state index contributed by atoms with van der Waals surface area (Å²) in [6.45, 7) is 5.71. The van der Waals surface area contributed by atoms with Gasteiger partial charge in [-0.05, 0) is 64.3 Å². The first-order valence-corrected chi connectivity index (χ1v) is 12.3. The van der Waals surface area contributed by atoms with Gasteiger partial charge in [-0.3, -0.25) is 4.79 Å². The van der Waals surface area contributed by atoms with Crippen molar-refractivity contribution in [2.24, 2.45) is 0 Å². The zero-order valence-corrected chi connectivity index (χ0v) is 20.9. The van der Waals surface area contributed by atoms with Gasteiger partial charge in [-0.2, -0.15) is 0 Å². The van der Waals surface area contributed by atoms with Crippen LogP contribution in [0.3, 0.4) is 0 Å². The molecule has 2 saturated heterocycles. The average Bonchev–Trinajstić information content (AvgIpc) is 3.48. The van der Waals surface area contributed by atoms with E-state index in [1.807, 2.05) is 44.9 Å². The fourth-order valence-corrected chi connectivity index (χ4v) is 5.06. The standard InChI is InChI=1S/C26H32FN7O2/c1-26(2,3)30-25(36)20-13-34(14-28-20)16-6-7-17(22(35)12-16)18-9-10-23(32-31-18)33(4)21-11-15-5-8-19(29-15)24(21)27/h6-7,9-10,12-15,19,21,24,29,35H,5,8,11H2,1-4H3,(H,30,36)/t15?,19?,21-,24+/m1/s1. The van der Waals surface area contributed by atoms with Crippen molar-refractivity contribution >= 4 is 11.7 Å². The number of benzene rings is 1. The predicted molar refractivity (Wildman–Crippen MR) is 135 cm³/mol. The van der Waals surface area contributed by atoms with E-state index in [9.17, 15) is 14.3 Å². The van der Waals surface area contributed by atoms with Gasteiger partial charge >= 0.3 is 0 Å². The van der Waals surface area contributed by atoms with Crippen molar-refractivity contribution in [3.63, 3.8) is 0 Å². The fraction of sp³-hybridized carbons (Fsp3) is 0.462. The van der Waals surface area contributed by atoms with E-state index in [4.69, 9.17) is 0 Å². The molecule has 2 bridgehead atoms. The van der Waals surface area contributed by atoms with Gasteiger partial charge in [0.25, 0.3) is 5.91 Å². The molecule has 1 amide bonds. The van der Waals surface area contributed by atoms with E-state index in [0.717, 1.165) is 19.3 Å². The second kappa shape index (κ2) is 9.16. The number of alkyl halides is 1. The first-order chi connectivity index (χ1) is 17.1. The summed E-state index contributed by atoms with van der Waals surface area (Å²) in [5.41, 5.74) is 1.60. The Hall–Kier alpha value is -3.53. The minimum absolute atomic E-state index is 0.0241. The highest BCUT2D eigenvalue weighted by Gasteiger charge is 2.43. The number of aromatic hydroxyl groups is 1. The number of hydrogen-bond donors (Lipinski definition) is 3. The summed E-state index contributed by atoms with van der Waals surface area (Å²) in [5, 5.41) is 25.6. The molecule has 0 radical (unpaired) electrons. The van der Waals surface area contributed by atoms with Crippen molar-refractivity contribution < 1.29 is 14.3 Å². The number of phenols is 1. The Morgan fingerprint density at radius 2 is 2.03 bits per heavy atom. The summed E-state index contributed by atoms with van der Waals surface area (Å²) in [6, 6.07) is 8.77. The number of nitrogens with zero attached hydrogens (tertiary/aromatic N) is 5. The molecule has 2 fully saturated rings. The highest BCUT2D eigenvalue weighted by molar-refractivity contribution is 5.92. The van der Waals surface area contributed by atoms with Gasteiger partial charge in [0.15, 0.2) is 5.82 Å². The first-order valence-electron chi connectivity index (χ1n) is 12.3. The third-order valence-electron chi connectivity index (χ3n) is 6.92. The van der Waals surface area contributed by atoms with Crippen molar-refractivity contribution in [2.45, 2.75) is 69.9 Å². The van der Waals surface area contributed by atoms with Gasteiger partial charge < -0.3 is 25.2 Å². The van der Waals surface area contributed by atoms with Crippen LogP contribution in [0.15, 0.2) is 42.9 Å². The number of halogens is 1. The van der Waals surface area contributed by atoms with Crippen molar-refractivity contribution in [2.75, 3.05) is 11.9 Å². The van der Waals surface area contributed by atoms with Gasteiger partial charge in [0, 0.05) is 42.5 Å². The molecule has 0 aliphatic carbocycles. The van der Waals surface area contributed by atoms with E-state index in [1.165, 1.54) is 6.33 Å². The Bertz CT molecular complexity index is 1250. The molecule has 3 aromatic rings. The number of nitrogens with one attached hydrogen (secondary N) is 2. The van der Waals surface area contributed by atoms with E-state index in [-0.39, 0.29) is 35.0 Å². The minimum Gasteiger partial charge on any atom is -0.507 e. The summed E-state index contributed by atoms with van der Waals surface area (Å²) < 4.78 is 16.6. The number of piperidine rings is 1. The molecule has 5 rings (SSSR count). The molecule has 4 atom stereocenters. The molecule has 2 aromatic heterocycles. The number of imidazole rings is 1. The lowest BCUT2D eigenvalue weighted by atomic mass is 9.96. The van der Waals surface area contributed by atoms with Gasteiger partial charge in [-0.25, -0.2) is 9.37 Å².